The molecule has 0 bridgehead atoms. The molecule has 0 aliphatic carbocycles. The van der Waals surface area contributed by atoms with Crippen LogP contribution in [0.25, 0.3) is 0 Å². The second-order valence-electron chi connectivity index (χ2n) is 7.94. The highest BCUT2D eigenvalue weighted by Crippen LogP contribution is 2.41. The van der Waals surface area contributed by atoms with E-state index < -0.39 is 6.04 Å². The van der Waals surface area contributed by atoms with Crippen LogP contribution >= 0.6 is 11.3 Å². The van der Waals surface area contributed by atoms with Crippen LogP contribution in [0.15, 0.2) is 53.1 Å². The van der Waals surface area contributed by atoms with E-state index in [1.54, 1.807) is 26.4 Å². The molecular formula is C26H28N4O4S. The van der Waals surface area contributed by atoms with Crippen molar-refractivity contribution < 1.29 is 18.7 Å². The molecular weight excluding hydrogens is 464 g/mol. The Balaban J connectivity index is 1.83. The Morgan fingerprint density at radius 3 is 2.46 bits per heavy atom. The van der Waals surface area contributed by atoms with Gasteiger partial charge < -0.3 is 24.5 Å². The number of hydrogen-bond acceptors (Lipinski definition) is 8. The van der Waals surface area contributed by atoms with E-state index in [0.717, 1.165) is 33.8 Å². The van der Waals surface area contributed by atoms with Crippen LogP contribution in [0.4, 0.5) is 10.9 Å². The molecule has 9 heteroatoms. The number of anilines is 2. The first-order chi connectivity index (χ1) is 16.9. The SMILES string of the molecule is CCc1cc(C(Nc2nc(C)cc(C)n2)c2ccc(OC)cc2OC)c(NC(=O)c2ccco2)s1. The zero-order chi connectivity index (χ0) is 24.9. The van der Waals surface area contributed by atoms with Crippen molar-refractivity contribution in [2.24, 2.45) is 0 Å². The number of thiophene rings is 1. The molecule has 1 amide bonds. The molecule has 0 saturated carbocycles. The average Bonchev–Trinajstić information content (AvgIpc) is 3.52. The lowest BCUT2D eigenvalue weighted by Gasteiger charge is -2.23. The maximum atomic E-state index is 12.9. The van der Waals surface area contributed by atoms with Gasteiger partial charge in [0.05, 0.1) is 26.5 Å². The van der Waals surface area contributed by atoms with E-state index in [-0.39, 0.29) is 11.7 Å². The van der Waals surface area contributed by atoms with Crippen molar-refractivity contribution in [2.45, 2.75) is 33.2 Å². The Kier molecular flexibility index (Phi) is 7.36. The molecule has 4 rings (SSSR count). The van der Waals surface area contributed by atoms with Crippen LogP contribution in [0.3, 0.4) is 0 Å². The van der Waals surface area contributed by atoms with E-state index in [2.05, 4.69) is 33.6 Å². The summed E-state index contributed by atoms with van der Waals surface area (Å²) in [4.78, 5) is 23.1. The quantitative estimate of drug-likeness (QED) is 0.305. The molecule has 35 heavy (non-hydrogen) atoms. The summed E-state index contributed by atoms with van der Waals surface area (Å²) in [5, 5.41) is 7.22. The van der Waals surface area contributed by atoms with E-state index in [4.69, 9.17) is 13.9 Å². The third kappa shape index (κ3) is 5.46. The van der Waals surface area contributed by atoms with Gasteiger partial charge in [-0.3, -0.25) is 4.79 Å². The number of aromatic nitrogens is 2. The minimum Gasteiger partial charge on any atom is -0.497 e. The Morgan fingerprint density at radius 1 is 1.06 bits per heavy atom. The predicted molar refractivity (Wildman–Crippen MR) is 137 cm³/mol. The van der Waals surface area contributed by atoms with Gasteiger partial charge in [-0.2, -0.15) is 0 Å². The van der Waals surface area contributed by atoms with Crippen LogP contribution in [0.5, 0.6) is 11.5 Å². The molecule has 1 atom stereocenters. The first-order valence-corrected chi connectivity index (χ1v) is 12.0. The summed E-state index contributed by atoms with van der Waals surface area (Å²) in [5.74, 6) is 1.73. The number of ether oxygens (including phenoxy) is 2. The minimum absolute atomic E-state index is 0.242. The maximum absolute atomic E-state index is 12.9. The molecule has 1 unspecified atom stereocenters. The van der Waals surface area contributed by atoms with Crippen LogP contribution in [-0.4, -0.2) is 30.1 Å². The molecule has 1 aromatic carbocycles. The zero-order valence-electron chi connectivity index (χ0n) is 20.3. The molecule has 0 saturated heterocycles. The number of benzene rings is 1. The van der Waals surface area contributed by atoms with E-state index in [1.807, 2.05) is 38.1 Å². The fourth-order valence-electron chi connectivity index (χ4n) is 3.82. The first-order valence-electron chi connectivity index (χ1n) is 11.2. The van der Waals surface area contributed by atoms with Crippen LogP contribution < -0.4 is 20.1 Å². The van der Waals surface area contributed by atoms with Gasteiger partial charge in [0.1, 0.15) is 16.5 Å². The van der Waals surface area contributed by atoms with Crippen molar-refractivity contribution in [1.82, 2.24) is 9.97 Å². The van der Waals surface area contributed by atoms with Gasteiger partial charge in [-0.15, -0.1) is 11.3 Å². The van der Waals surface area contributed by atoms with Gasteiger partial charge in [-0.1, -0.05) is 6.92 Å². The number of aryl methyl sites for hydroxylation is 3. The second kappa shape index (κ2) is 10.6. The summed E-state index contributed by atoms with van der Waals surface area (Å²) in [7, 11) is 3.23. The molecule has 3 aromatic heterocycles. The van der Waals surface area contributed by atoms with Gasteiger partial charge in [-0.25, -0.2) is 9.97 Å². The van der Waals surface area contributed by atoms with Gasteiger partial charge in [0.25, 0.3) is 5.91 Å². The standard InChI is InChI=1S/C26H28N4O4S/c1-6-18-14-20(25(35-18)30-24(31)21-8-7-11-34-21)23(29-26-27-15(2)12-16(3)28-26)19-10-9-17(32-4)13-22(19)33-5/h7-14,23H,6H2,1-5H3,(H,30,31)(H,27,28,29). The molecule has 4 aromatic rings. The molecule has 3 heterocycles. The average molecular weight is 493 g/mol. The number of methoxy groups -OCH3 is 2. The lowest BCUT2D eigenvalue weighted by Crippen LogP contribution is -2.18. The number of carbonyl (C=O) groups excluding carboxylic acids is 1. The van der Waals surface area contributed by atoms with Crippen molar-refractivity contribution in [3.63, 3.8) is 0 Å². The van der Waals surface area contributed by atoms with Crippen molar-refractivity contribution in [3.05, 3.63) is 81.9 Å². The Hall–Kier alpha value is -3.85. The number of nitrogens with zero attached hydrogens (tertiary/aromatic N) is 2. The van der Waals surface area contributed by atoms with Gasteiger partial charge >= 0.3 is 0 Å². The number of hydrogen-bond donors (Lipinski definition) is 2. The number of nitrogens with one attached hydrogen (secondary N) is 2. The summed E-state index contributed by atoms with van der Waals surface area (Å²) < 4.78 is 16.4. The molecule has 182 valence electrons. The van der Waals surface area contributed by atoms with Crippen LogP contribution in [0.2, 0.25) is 0 Å². The molecule has 0 spiro atoms. The highest BCUT2D eigenvalue weighted by Gasteiger charge is 2.26. The van der Waals surface area contributed by atoms with E-state index >= 15 is 0 Å². The van der Waals surface area contributed by atoms with Crippen molar-refractivity contribution in [2.75, 3.05) is 24.9 Å². The third-order valence-electron chi connectivity index (χ3n) is 5.45. The topological polar surface area (TPSA) is 98.5 Å². The summed E-state index contributed by atoms with van der Waals surface area (Å²) >= 11 is 1.53. The summed E-state index contributed by atoms with van der Waals surface area (Å²) in [6, 6.07) is 12.6. The van der Waals surface area contributed by atoms with Gasteiger partial charge in [0.2, 0.25) is 5.95 Å². The molecule has 0 fully saturated rings. The predicted octanol–water partition coefficient (Wildman–Crippen LogP) is 5.78. The van der Waals surface area contributed by atoms with Gasteiger partial charge in [-0.05, 0) is 56.7 Å². The number of carbonyl (C=O) groups is 1. The fourth-order valence-corrected chi connectivity index (χ4v) is 4.85. The lowest BCUT2D eigenvalue weighted by molar-refractivity contribution is 0.0997. The third-order valence-corrected chi connectivity index (χ3v) is 6.66. The van der Waals surface area contributed by atoms with Crippen molar-refractivity contribution >= 4 is 28.2 Å². The molecule has 0 radical (unpaired) electrons. The molecule has 0 aliphatic rings. The Morgan fingerprint density at radius 2 is 1.83 bits per heavy atom. The normalized spacial score (nSPS) is 11.7. The van der Waals surface area contributed by atoms with E-state index in [0.29, 0.717) is 22.4 Å². The van der Waals surface area contributed by atoms with E-state index in [9.17, 15) is 4.79 Å². The van der Waals surface area contributed by atoms with E-state index in [1.165, 1.54) is 17.6 Å². The number of rotatable bonds is 9. The van der Waals surface area contributed by atoms with Crippen LogP contribution in [0.1, 0.15) is 50.9 Å². The molecule has 8 nitrogen and oxygen atoms in total. The van der Waals surface area contributed by atoms with Gasteiger partial charge in [0.15, 0.2) is 5.76 Å². The van der Waals surface area contributed by atoms with Crippen molar-refractivity contribution in [3.8, 4) is 11.5 Å². The summed E-state index contributed by atoms with van der Waals surface area (Å²) in [6.45, 7) is 5.94. The smallest absolute Gasteiger partial charge is 0.291 e. The molecule has 0 aliphatic heterocycles. The number of furan rings is 1. The fraction of sp³-hybridized carbons (Fsp3) is 0.269. The largest absolute Gasteiger partial charge is 0.497 e. The minimum atomic E-state index is -0.416. The lowest BCUT2D eigenvalue weighted by atomic mass is 9.98. The van der Waals surface area contributed by atoms with Gasteiger partial charge in [0, 0.05) is 33.5 Å². The first kappa shape index (κ1) is 24.3. The second-order valence-corrected chi connectivity index (χ2v) is 9.08. The monoisotopic (exact) mass is 492 g/mol. The molecule has 2 N–H and O–H groups in total. The summed E-state index contributed by atoms with van der Waals surface area (Å²) in [5.41, 5.74) is 3.43. The summed E-state index contributed by atoms with van der Waals surface area (Å²) in [6.07, 6.45) is 2.30. The highest BCUT2D eigenvalue weighted by molar-refractivity contribution is 7.16. The maximum Gasteiger partial charge on any atom is 0.291 e. The van der Waals surface area contributed by atoms with Crippen LogP contribution in [0, 0.1) is 13.8 Å². The van der Waals surface area contributed by atoms with Crippen molar-refractivity contribution in [1.29, 1.82) is 0 Å². The Bertz CT molecular complexity index is 1300. The van der Waals surface area contributed by atoms with Crippen LogP contribution in [-0.2, 0) is 6.42 Å². The Labute approximate surface area is 208 Å². The zero-order valence-corrected chi connectivity index (χ0v) is 21.2. The number of amides is 1. The highest BCUT2D eigenvalue weighted by atomic mass is 32.1.